The summed E-state index contributed by atoms with van der Waals surface area (Å²) in [6.07, 6.45) is 1.10. The largest absolute Gasteiger partial charge is 0.490 e. The minimum Gasteiger partial charge on any atom is -0.490 e. The first-order chi connectivity index (χ1) is 12.8. The highest BCUT2D eigenvalue weighted by molar-refractivity contribution is 7.89. The lowest BCUT2D eigenvalue weighted by atomic mass is 10.2. The maximum absolute atomic E-state index is 12.8. The molecule has 1 unspecified atom stereocenters. The fraction of sp³-hybridized carbons (Fsp3) is 0.562. The van der Waals surface area contributed by atoms with Crippen LogP contribution in [0.1, 0.15) is 12.8 Å². The average Bonchev–Trinajstić information content (AvgIpc) is 3.21. The first-order valence-corrected chi connectivity index (χ1v) is 10.0. The molecule has 27 heavy (non-hydrogen) atoms. The van der Waals surface area contributed by atoms with Gasteiger partial charge in [-0.2, -0.15) is 4.31 Å². The van der Waals surface area contributed by atoms with Gasteiger partial charge in [0.1, 0.15) is 6.10 Å². The predicted octanol–water partition coefficient (Wildman–Crippen LogP) is 0.615. The summed E-state index contributed by atoms with van der Waals surface area (Å²) in [6.45, 7) is 1.34. The number of carbonyl (C=O) groups is 1. The topological polar surface area (TPSA) is 119 Å². The molecule has 2 heterocycles. The van der Waals surface area contributed by atoms with E-state index in [9.17, 15) is 23.3 Å². The van der Waals surface area contributed by atoms with Crippen LogP contribution in [0.2, 0.25) is 0 Å². The van der Waals surface area contributed by atoms with E-state index in [-0.39, 0.29) is 42.7 Å². The van der Waals surface area contributed by atoms with Gasteiger partial charge in [-0.3, -0.25) is 14.9 Å². The second kappa shape index (κ2) is 7.79. The molecule has 3 rings (SSSR count). The van der Waals surface area contributed by atoms with Crippen LogP contribution in [0.5, 0.6) is 5.75 Å². The minimum atomic E-state index is -3.91. The Morgan fingerprint density at radius 3 is 2.56 bits per heavy atom. The van der Waals surface area contributed by atoms with E-state index in [1.54, 1.807) is 4.90 Å². The second-order valence-corrected chi connectivity index (χ2v) is 8.26. The van der Waals surface area contributed by atoms with Gasteiger partial charge >= 0.3 is 5.69 Å². The lowest BCUT2D eigenvalue weighted by Gasteiger charge is -2.35. The molecule has 0 spiro atoms. The van der Waals surface area contributed by atoms with E-state index in [1.807, 2.05) is 0 Å². The van der Waals surface area contributed by atoms with Crippen molar-refractivity contribution in [3.63, 3.8) is 0 Å². The third-order valence-electron chi connectivity index (χ3n) is 4.74. The van der Waals surface area contributed by atoms with Gasteiger partial charge in [-0.1, -0.05) is 0 Å². The highest BCUT2D eigenvalue weighted by Crippen LogP contribution is 2.31. The highest BCUT2D eigenvalue weighted by Gasteiger charge is 2.34. The molecule has 148 valence electrons. The molecule has 1 amide bonds. The summed E-state index contributed by atoms with van der Waals surface area (Å²) in [7, 11) is -2.63. The molecule has 0 radical (unpaired) electrons. The Morgan fingerprint density at radius 2 is 2.00 bits per heavy atom. The van der Waals surface area contributed by atoms with Crippen molar-refractivity contribution in [3.8, 4) is 5.75 Å². The summed E-state index contributed by atoms with van der Waals surface area (Å²) in [5.41, 5.74) is -0.411. The van der Waals surface area contributed by atoms with Crippen LogP contribution in [-0.4, -0.2) is 74.5 Å². The van der Waals surface area contributed by atoms with Crippen molar-refractivity contribution in [2.75, 3.05) is 39.9 Å². The lowest BCUT2D eigenvalue weighted by Crippen LogP contribution is -2.52. The van der Waals surface area contributed by atoms with Crippen LogP contribution in [0.3, 0.4) is 0 Å². The standard InChI is InChI=1S/C16H21N3O7S/c1-25-14-5-4-12(11-13(14)19(21)22)27(23,24)18-8-6-17(7-9-18)16(20)15-3-2-10-26-15/h4-5,11,15H,2-3,6-10H2,1H3. The number of piperazine rings is 1. The smallest absolute Gasteiger partial charge is 0.312 e. The summed E-state index contributed by atoms with van der Waals surface area (Å²) in [5.74, 6) is -0.115. The van der Waals surface area contributed by atoms with Crippen LogP contribution in [0, 0.1) is 10.1 Å². The summed E-state index contributed by atoms with van der Waals surface area (Å²) in [4.78, 5) is 24.3. The number of rotatable bonds is 5. The van der Waals surface area contributed by atoms with Crippen LogP contribution in [-0.2, 0) is 19.6 Å². The third-order valence-corrected chi connectivity index (χ3v) is 6.63. The first-order valence-electron chi connectivity index (χ1n) is 8.57. The molecular formula is C16H21N3O7S. The van der Waals surface area contributed by atoms with Crippen LogP contribution in [0.4, 0.5) is 5.69 Å². The SMILES string of the molecule is COc1ccc(S(=O)(=O)N2CCN(C(=O)C3CCCO3)CC2)cc1[N+](=O)[O-]. The molecule has 2 aliphatic heterocycles. The van der Waals surface area contributed by atoms with Crippen molar-refractivity contribution >= 4 is 21.6 Å². The third kappa shape index (κ3) is 3.89. The second-order valence-electron chi connectivity index (χ2n) is 6.32. The zero-order valence-electron chi connectivity index (χ0n) is 14.9. The van der Waals surface area contributed by atoms with E-state index in [1.165, 1.54) is 23.5 Å². The monoisotopic (exact) mass is 399 g/mol. The molecule has 2 saturated heterocycles. The summed E-state index contributed by atoms with van der Waals surface area (Å²) >= 11 is 0. The molecule has 1 aromatic rings. The van der Waals surface area contributed by atoms with E-state index in [0.717, 1.165) is 12.5 Å². The quantitative estimate of drug-likeness (QED) is 0.526. The molecule has 0 aromatic heterocycles. The molecule has 2 fully saturated rings. The number of nitro groups is 1. The molecule has 1 atom stereocenters. The van der Waals surface area contributed by atoms with Gasteiger partial charge in [-0.05, 0) is 25.0 Å². The van der Waals surface area contributed by atoms with Crippen molar-refractivity contribution in [2.45, 2.75) is 23.8 Å². The maximum atomic E-state index is 12.8. The van der Waals surface area contributed by atoms with Gasteiger partial charge in [0.25, 0.3) is 5.91 Å². The van der Waals surface area contributed by atoms with Gasteiger partial charge in [0, 0.05) is 38.9 Å². The van der Waals surface area contributed by atoms with Crippen molar-refractivity contribution in [3.05, 3.63) is 28.3 Å². The molecule has 0 bridgehead atoms. The molecular weight excluding hydrogens is 378 g/mol. The van der Waals surface area contributed by atoms with Gasteiger partial charge in [0.2, 0.25) is 10.0 Å². The highest BCUT2D eigenvalue weighted by atomic mass is 32.2. The van der Waals surface area contributed by atoms with Crippen molar-refractivity contribution in [1.82, 2.24) is 9.21 Å². The molecule has 0 N–H and O–H groups in total. The Bertz CT molecular complexity index is 828. The number of nitrogens with zero attached hydrogens (tertiary/aromatic N) is 3. The van der Waals surface area contributed by atoms with E-state index in [2.05, 4.69) is 0 Å². The number of hydrogen-bond donors (Lipinski definition) is 0. The number of sulfonamides is 1. The van der Waals surface area contributed by atoms with Gasteiger partial charge in [0.15, 0.2) is 5.75 Å². The molecule has 2 aliphatic rings. The Labute approximate surface area is 156 Å². The zero-order valence-corrected chi connectivity index (χ0v) is 15.7. The van der Waals surface area contributed by atoms with E-state index >= 15 is 0 Å². The van der Waals surface area contributed by atoms with E-state index < -0.39 is 26.7 Å². The van der Waals surface area contributed by atoms with Gasteiger partial charge in [-0.15, -0.1) is 0 Å². The van der Waals surface area contributed by atoms with E-state index in [4.69, 9.17) is 9.47 Å². The van der Waals surface area contributed by atoms with Crippen LogP contribution >= 0.6 is 0 Å². The van der Waals surface area contributed by atoms with Crippen molar-refractivity contribution in [1.29, 1.82) is 0 Å². The predicted molar refractivity (Wildman–Crippen MR) is 94.0 cm³/mol. The molecule has 0 aliphatic carbocycles. The minimum absolute atomic E-state index is 0.00840. The number of carbonyl (C=O) groups excluding carboxylic acids is 1. The van der Waals surface area contributed by atoms with E-state index in [0.29, 0.717) is 13.0 Å². The van der Waals surface area contributed by atoms with Crippen LogP contribution in [0.15, 0.2) is 23.1 Å². The average molecular weight is 399 g/mol. The van der Waals surface area contributed by atoms with Crippen LogP contribution in [0.25, 0.3) is 0 Å². The summed E-state index contributed by atoms with van der Waals surface area (Å²) in [5, 5.41) is 11.1. The first kappa shape index (κ1) is 19.5. The van der Waals surface area contributed by atoms with Crippen molar-refractivity contribution in [2.24, 2.45) is 0 Å². The fourth-order valence-corrected chi connectivity index (χ4v) is 4.69. The van der Waals surface area contributed by atoms with Gasteiger partial charge in [0.05, 0.1) is 16.9 Å². The number of amides is 1. The lowest BCUT2D eigenvalue weighted by molar-refractivity contribution is -0.386. The Balaban J connectivity index is 1.72. The summed E-state index contributed by atoms with van der Waals surface area (Å²) in [6, 6.07) is 3.55. The summed E-state index contributed by atoms with van der Waals surface area (Å²) < 4.78 is 37.2. The molecule has 11 heteroatoms. The van der Waals surface area contributed by atoms with Crippen LogP contribution < -0.4 is 4.74 Å². The Morgan fingerprint density at radius 1 is 1.30 bits per heavy atom. The maximum Gasteiger partial charge on any atom is 0.312 e. The number of nitro benzene ring substituents is 1. The molecule has 1 aromatic carbocycles. The molecule has 0 saturated carbocycles. The van der Waals surface area contributed by atoms with Gasteiger partial charge < -0.3 is 14.4 Å². The number of methoxy groups -OCH3 is 1. The number of benzene rings is 1. The fourth-order valence-electron chi connectivity index (χ4n) is 3.25. The zero-order chi connectivity index (χ0) is 19.6. The number of hydrogen-bond acceptors (Lipinski definition) is 7. The molecule has 10 nitrogen and oxygen atoms in total. The van der Waals surface area contributed by atoms with Gasteiger partial charge in [-0.25, -0.2) is 8.42 Å². The Hall–Kier alpha value is -2.24. The Kier molecular flexibility index (Phi) is 5.63. The normalized spacial score (nSPS) is 21.2. The number of ether oxygens (including phenoxy) is 2. The van der Waals surface area contributed by atoms with Crippen molar-refractivity contribution < 1.29 is 27.6 Å².